The summed E-state index contributed by atoms with van der Waals surface area (Å²) in [6.45, 7) is 2.14. The first-order valence-electron chi connectivity index (χ1n) is 10.4. The molecule has 35 heavy (non-hydrogen) atoms. The molecule has 0 atom stereocenters. The molecule has 0 aliphatic rings. The minimum atomic E-state index is -0.477. The molecule has 6 nitrogen and oxygen atoms in total. The van der Waals surface area contributed by atoms with Crippen molar-refractivity contribution in [1.82, 2.24) is 20.1 Å². The van der Waals surface area contributed by atoms with Crippen LogP contribution in [0.5, 0.6) is 0 Å². The average molecular weight is 567 g/mol. The van der Waals surface area contributed by atoms with Gasteiger partial charge in [0.25, 0.3) is 0 Å². The maximum atomic E-state index is 12.5. The Bertz CT molecular complexity index is 1380. The number of hydrogen-bond acceptors (Lipinski definition) is 4. The topological polar surface area (TPSA) is 71.8 Å². The summed E-state index contributed by atoms with van der Waals surface area (Å²) >= 11 is 26.5. The number of urea groups is 1. The Morgan fingerprint density at radius 2 is 1.77 bits per heavy atom. The number of aryl methyl sites for hydroxylation is 1. The fourth-order valence-electron chi connectivity index (χ4n) is 3.25. The molecule has 11 heteroatoms. The normalized spacial score (nSPS) is 10.9. The van der Waals surface area contributed by atoms with Crippen molar-refractivity contribution < 1.29 is 4.79 Å². The van der Waals surface area contributed by atoms with Gasteiger partial charge < -0.3 is 10.6 Å². The van der Waals surface area contributed by atoms with Gasteiger partial charge in [0.05, 0.1) is 33.0 Å². The molecule has 0 aliphatic carbocycles. The molecule has 4 aromatic rings. The van der Waals surface area contributed by atoms with Crippen LogP contribution >= 0.6 is 58.2 Å². The molecule has 0 spiro atoms. The molecule has 180 valence electrons. The van der Waals surface area contributed by atoms with Crippen LogP contribution < -0.4 is 10.6 Å². The summed E-state index contributed by atoms with van der Waals surface area (Å²) < 4.78 is 1.80. The van der Waals surface area contributed by atoms with Crippen LogP contribution in [-0.2, 0) is 12.3 Å². The van der Waals surface area contributed by atoms with Crippen molar-refractivity contribution in [2.24, 2.45) is 0 Å². The van der Waals surface area contributed by atoms with Gasteiger partial charge in [-0.2, -0.15) is 0 Å². The van der Waals surface area contributed by atoms with Gasteiger partial charge in [0.15, 0.2) is 11.0 Å². The molecule has 0 bridgehead atoms. The number of carbonyl (C=O) groups excluding carboxylic acids is 1. The fraction of sp³-hybridized carbons (Fsp3) is 0.125. The minimum absolute atomic E-state index is 0.0742. The molecule has 2 N–H and O–H groups in total. The van der Waals surface area contributed by atoms with Gasteiger partial charge in [-0.05, 0) is 48.4 Å². The molecule has 0 aliphatic heterocycles. The zero-order valence-electron chi connectivity index (χ0n) is 18.4. The maximum Gasteiger partial charge on any atom is 0.319 e. The van der Waals surface area contributed by atoms with Crippen LogP contribution in [-0.4, -0.2) is 20.8 Å². The van der Waals surface area contributed by atoms with Crippen LogP contribution in [0, 0.1) is 6.92 Å². The lowest BCUT2D eigenvalue weighted by atomic mass is 10.1. The number of halogens is 4. The number of nitrogens with zero attached hydrogens (tertiary/aromatic N) is 3. The van der Waals surface area contributed by atoms with Crippen molar-refractivity contribution >= 4 is 69.9 Å². The molecule has 0 saturated heterocycles. The van der Waals surface area contributed by atoms with E-state index in [0.717, 1.165) is 0 Å². The van der Waals surface area contributed by atoms with Gasteiger partial charge in [-0.3, -0.25) is 4.57 Å². The molecule has 3 aromatic carbocycles. The van der Waals surface area contributed by atoms with E-state index < -0.39 is 6.03 Å². The van der Waals surface area contributed by atoms with Gasteiger partial charge in [0.2, 0.25) is 0 Å². The van der Waals surface area contributed by atoms with Gasteiger partial charge in [0.1, 0.15) is 0 Å². The third-order valence-electron chi connectivity index (χ3n) is 5.07. The molecule has 0 radical (unpaired) electrons. The van der Waals surface area contributed by atoms with E-state index in [0.29, 0.717) is 43.2 Å². The Balaban J connectivity index is 1.58. The van der Waals surface area contributed by atoms with Crippen LogP contribution in [0.2, 0.25) is 20.1 Å². The van der Waals surface area contributed by atoms with Crippen molar-refractivity contribution in [2.75, 3.05) is 5.32 Å². The van der Waals surface area contributed by atoms with Gasteiger partial charge >= 0.3 is 6.03 Å². The van der Waals surface area contributed by atoms with E-state index in [9.17, 15) is 4.79 Å². The predicted molar refractivity (Wildman–Crippen MR) is 144 cm³/mol. The van der Waals surface area contributed by atoms with E-state index in [1.807, 2.05) is 12.1 Å². The van der Waals surface area contributed by atoms with Gasteiger partial charge in [-0.1, -0.05) is 88.5 Å². The van der Waals surface area contributed by atoms with Crippen molar-refractivity contribution in [3.63, 3.8) is 0 Å². The number of anilines is 1. The zero-order chi connectivity index (χ0) is 24.9. The lowest BCUT2D eigenvalue weighted by Gasteiger charge is -2.14. The number of amides is 2. The summed E-state index contributed by atoms with van der Waals surface area (Å²) in [7, 11) is 0. The highest BCUT2D eigenvalue weighted by molar-refractivity contribution is 7.98. The number of thioether (sulfide) groups is 1. The van der Waals surface area contributed by atoms with Crippen LogP contribution in [0.4, 0.5) is 10.5 Å². The maximum absolute atomic E-state index is 12.5. The Morgan fingerprint density at radius 3 is 2.57 bits per heavy atom. The first-order chi connectivity index (χ1) is 16.8. The first kappa shape index (κ1) is 25.7. The van der Waals surface area contributed by atoms with Crippen molar-refractivity contribution in [3.8, 4) is 5.69 Å². The lowest BCUT2D eigenvalue weighted by Crippen LogP contribution is -2.29. The molecule has 0 saturated carbocycles. The standard InChI is InChI=1S/C24H19Cl4N5OS/c1-14-5-2-3-6-15(14)13-35-24-32-31-21(33(24)20-11-16(25)9-10-17(20)26)12-29-23(34)30-19-8-4-7-18(27)22(19)28/h2-11H,12-13H2,1H3,(H2,29,30,34). The highest BCUT2D eigenvalue weighted by Gasteiger charge is 2.19. The van der Waals surface area contributed by atoms with E-state index in [4.69, 9.17) is 46.4 Å². The predicted octanol–water partition coefficient (Wildman–Crippen LogP) is 7.80. The third-order valence-corrected chi connectivity index (χ3v) is 7.43. The van der Waals surface area contributed by atoms with E-state index in [-0.39, 0.29) is 11.6 Å². The molecule has 2 amide bonds. The van der Waals surface area contributed by atoms with E-state index in [2.05, 4.69) is 39.9 Å². The second-order valence-corrected chi connectivity index (χ2v) is 10.0. The number of carbonyl (C=O) groups is 1. The van der Waals surface area contributed by atoms with E-state index in [1.165, 1.54) is 22.9 Å². The van der Waals surface area contributed by atoms with Gasteiger partial charge in [0, 0.05) is 10.8 Å². The number of rotatable bonds is 7. The zero-order valence-corrected chi connectivity index (χ0v) is 22.2. The van der Waals surface area contributed by atoms with E-state index >= 15 is 0 Å². The molecule has 1 aromatic heterocycles. The average Bonchev–Trinajstić information content (AvgIpc) is 3.24. The van der Waals surface area contributed by atoms with Crippen molar-refractivity contribution in [3.05, 3.63) is 97.7 Å². The van der Waals surface area contributed by atoms with Gasteiger partial charge in [-0.25, -0.2) is 4.79 Å². The largest absolute Gasteiger partial charge is 0.331 e. The number of benzene rings is 3. The minimum Gasteiger partial charge on any atom is -0.331 e. The second-order valence-electron chi connectivity index (χ2n) is 7.45. The highest BCUT2D eigenvalue weighted by Crippen LogP contribution is 2.32. The van der Waals surface area contributed by atoms with Crippen LogP contribution in [0.15, 0.2) is 65.8 Å². The van der Waals surface area contributed by atoms with E-state index in [1.54, 1.807) is 41.0 Å². The quantitative estimate of drug-likeness (QED) is 0.224. The Morgan fingerprint density at radius 1 is 0.971 bits per heavy atom. The summed E-state index contributed by atoms with van der Waals surface area (Å²) in [6.07, 6.45) is 0. The van der Waals surface area contributed by atoms with Gasteiger partial charge in [-0.15, -0.1) is 10.2 Å². The monoisotopic (exact) mass is 565 g/mol. The summed E-state index contributed by atoms with van der Waals surface area (Å²) in [4.78, 5) is 12.5. The number of hydrogen-bond donors (Lipinski definition) is 2. The Kier molecular flexibility index (Phi) is 8.46. The Labute approximate surface area is 226 Å². The first-order valence-corrected chi connectivity index (χ1v) is 12.9. The van der Waals surface area contributed by atoms with Crippen molar-refractivity contribution in [2.45, 2.75) is 24.4 Å². The second kappa shape index (κ2) is 11.5. The Hall–Kier alpha value is -2.42. The van der Waals surface area contributed by atoms with Crippen LogP contribution in [0.3, 0.4) is 0 Å². The van der Waals surface area contributed by atoms with Crippen molar-refractivity contribution in [1.29, 1.82) is 0 Å². The van der Waals surface area contributed by atoms with Crippen LogP contribution in [0.1, 0.15) is 17.0 Å². The summed E-state index contributed by atoms with van der Waals surface area (Å²) in [5, 5.41) is 16.3. The number of aromatic nitrogens is 3. The third kappa shape index (κ3) is 6.23. The molecular formula is C24H19Cl4N5OS. The smallest absolute Gasteiger partial charge is 0.319 e. The fourth-order valence-corrected chi connectivity index (χ4v) is 5.00. The SMILES string of the molecule is Cc1ccccc1CSc1nnc(CNC(=O)Nc2cccc(Cl)c2Cl)n1-c1cc(Cl)ccc1Cl. The molecule has 0 unspecified atom stereocenters. The summed E-state index contributed by atoms with van der Waals surface area (Å²) in [6, 6.07) is 17.8. The number of nitrogens with one attached hydrogen (secondary N) is 2. The summed E-state index contributed by atoms with van der Waals surface area (Å²) in [5.41, 5.74) is 3.38. The van der Waals surface area contributed by atoms with Crippen LogP contribution in [0.25, 0.3) is 5.69 Å². The molecule has 1 heterocycles. The lowest BCUT2D eigenvalue weighted by molar-refractivity contribution is 0.251. The molecular weight excluding hydrogens is 548 g/mol. The summed E-state index contributed by atoms with van der Waals surface area (Å²) in [5.74, 6) is 1.17. The highest BCUT2D eigenvalue weighted by atomic mass is 35.5. The molecule has 4 rings (SSSR count). The molecule has 0 fully saturated rings.